The normalized spacial score (nSPS) is 19.9. The second-order valence-corrected chi connectivity index (χ2v) is 9.67. The van der Waals surface area contributed by atoms with Crippen LogP contribution in [0.2, 0.25) is 0 Å². The number of carbonyl (C=O) groups is 1. The number of ketones is 1. The predicted molar refractivity (Wildman–Crippen MR) is 119 cm³/mol. The molecule has 0 bridgehead atoms. The summed E-state index contributed by atoms with van der Waals surface area (Å²) < 4.78 is 0. The Bertz CT molecular complexity index is 1290. The molecule has 4 rings (SSSR count). The fourth-order valence-corrected chi connectivity index (χ4v) is 5.31. The van der Waals surface area contributed by atoms with E-state index < -0.39 is 10.8 Å². The number of benzene rings is 1. The van der Waals surface area contributed by atoms with Crippen molar-refractivity contribution in [3.05, 3.63) is 79.6 Å². The molecule has 1 unspecified atom stereocenters. The minimum atomic E-state index is -0.744. The van der Waals surface area contributed by atoms with Crippen molar-refractivity contribution in [3.8, 4) is 12.1 Å². The summed E-state index contributed by atoms with van der Waals surface area (Å²) in [6.45, 7) is 3.99. The van der Waals surface area contributed by atoms with E-state index >= 15 is 0 Å². The van der Waals surface area contributed by atoms with Crippen molar-refractivity contribution in [2.45, 2.75) is 32.6 Å². The molecule has 1 atom stereocenters. The van der Waals surface area contributed by atoms with Crippen LogP contribution in [0.1, 0.15) is 43.0 Å². The van der Waals surface area contributed by atoms with Crippen molar-refractivity contribution in [2.24, 2.45) is 11.1 Å². The zero-order valence-corrected chi connectivity index (χ0v) is 18.3. The number of nitro groups is 1. The zero-order valence-electron chi connectivity index (χ0n) is 17.5. The highest BCUT2D eigenvalue weighted by Crippen LogP contribution is 2.51. The van der Waals surface area contributed by atoms with Crippen molar-refractivity contribution >= 4 is 27.8 Å². The molecule has 0 radical (unpaired) electrons. The number of nitrogens with two attached hydrogens (primary N) is 1. The molecule has 1 aromatic heterocycles. The Kier molecular flexibility index (Phi) is 5.08. The third kappa shape index (κ3) is 3.43. The lowest BCUT2D eigenvalue weighted by atomic mass is 9.69. The van der Waals surface area contributed by atoms with Crippen LogP contribution < -0.4 is 10.6 Å². The van der Waals surface area contributed by atoms with Crippen molar-refractivity contribution in [2.75, 3.05) is 4.90 Å². The van der Waals surface area contributed by atoms with E-state index in [1.165, 1.54) is 6.07 Å². The highest BCUT2D eigenvalue weighted by Gasteiger charge is 2.45. The van der Waals surface area contributed by atoms with Crippen LogP contribution in [0.25, 0.3) is 0 Å². The lowest BCUT2D eigenvalue weighted by Gasteiger charge is -2.43. The number of hydrogen-bond acceptors (Lipinski definition) is 8. The number of allylic oxidation sites excluding steroid dienone is 3. The highest BCUT2D eigenvalue weighted by atomic mass is 32.1. The monoisotopic (exact) mass is 445 g/mol. The lowest BCUT2D eigenvalue weighted by molar-refractivity contribution is -0.380. The average molecular weight is 446 g/mol. The molecule has 32 heavy (non-hydrogen) atoms. The van der Waals surface area contributed by atoms with Gasteiger partial charge in [0.25, 0.3) is 0 Å². The SMILES string of the molecule is CC1(C)CC(=O)C2=C(C1)N(c1ccc(C#N)cc1)C(N)=C(C#N)C2c1ccc([N+](=O)[O-])s1. The second kappa shape index (κ2) is 7.63. The highest BCUT2D eigenvalue weighted by molar-refractivity contribution is 7.15. The molecule has 1 aliphatic heterocycles. The molecule has 2 aromatic rings. The van der Waals surface area contributed by atoms with E-state index in [-0.39, 0.29) is 27.6 Å². The summed E-state index contributed by atoms with van der Waals surface area (Å²) in [4.78, 5) is 26.4. The van der Waals surface area contributed by atoms with Crippen LogP contribution >= 0.6 is 11.3 Å². The summed E-state index contributed by atoms with van der Waals surface area (Å²) in [6.07, 6.45) is 0.840. The molecule has 2 aliphatic rings. The van der Waals surface area contributed by atoms with Gasteiger partial charge in [-0.2, -0.15) is 10.5 Å². The molecule has 0 fully saturated rings. The van der Waals surface area contributed by atoms with Gasteiger partial charge in [-0.3, -0.25) is 19.8 Å². The van der Waals surface area contributed by atoms with E-state index in [0.717, 1.165) is 11.3 Å². The Balaban J connectivity index is 1.97. The number of carbonyl (C=O) groups excluding carboxylic acids is 1. The number of anilines is 1. The summed E-state index contributed by atoms with van der Waals surface area (Å²) in [7, 11) is 0. The van der Waals surface area contributed by atoms with Gasteiger partial charge in [0.2, 0.25) is 0 Å². The fourth-order valence-electron chi connectivity index (χ4n) is 4.37. The van der Waals surface area contributed by atoms with Crippen LogP contribution in [-0.2, 0) is 4.79 Å². The fraction of sp³-hybridized carbons (Fsp3) is 0.261. The van der Waals surface area contributed by atoms with Gasteiger partial charge in [-0.05, 0) is 42.2 Å². The first-order valence-electron chi connectivity index (χ1n) is 9.87. The minimum absolute atomic E-state index is 0.0591. The van der Waals surface area contributed by atoms with Crippen LogP contribution in [-0.4, -0.2) is 10.7 Å². The predicted octanol–water partition coefficient (Wildman–Crippen LogP) is 4.47. The van der Waals surface area contributed by atoms with Gasteiger partial charge in [0.15, 0.2) is 5.78 Å². The first-order valence-corrected chi connectivity index (χ1v) is 10.7. The van der Waals surface area contributed by atoms with E-state index in [9.17, 15) is 20.2 Å². The maximum Gasteiger partial charge on any atom is 0.324 e. The van der Waals surface area contributed by atoms with Crippen LogP contribution in [0.3, 0.4) is 0 Å². The molecule has 1 aromatic carbocycles. The van der Waals surface area contributed by atoms with Gasteiger partial charge in [-0.1, -0.05) is 25.2 Å². The number of Topliss-reactive ketones (excluding diaryl/α,β-unsaturated/α-hetero) is 1. The topological polar surface area (TPSA) is 137 Å². The third-order valence-electron chi connectivity index (χ3n) is 5.71. The van der Waals surface area contributed by atoms with Gasteiger partial charge in [0.1, 0.15) is 5.82 Å². The van der Waals surface area contributed by atoms with E-state index in [2.05, 4.69) is 12.1 Å². The maximum atomic E-state index is 13.4. The Hall–Kier alpha value is -3.95. The molecular weight excluding hydrogens is 426 g/mol. The molecule has 0 amide bonds. The summed E-state index contributed by atoms with van der Waals surface area (Å²) in [5.41, 5.74) is 8.63. The third-order valence-corrected chi connectivity index (χ3v) is 6.81. The van der Waals surface area contributed by atoms with Gasteiger partial charge in [0, 0.05) is 34.3 Å². The van der Waals surface area contributed by atoms with Gasteiger partial charge in [-0.25, -0.2) is 0 Å². The Morgan fingerprint density at radius 3 is 2.41 bits per heavy atom. The van der Waals surface area contributed by atoms with Crippen molar-refractivity contribution in [3.63, 3.8) is 0 Å². The van der Waals surface area contributed by atoms with Gasteiger partial charge in [-0.15, -0.1) is 0 Å². The van der Waals surface area contributed by atoms with E-state index in [4.69, 9.17) is 11.0 Å². The standard InChI is InChI=1S/C23H19N5O3S/c1-23(2)9-16-21(17(29)10-23)20(18-7-8-19(32-18)28(30)31)15(12-25)22(26)27(16)14-5-3-13(11-24)4-6-14/h3-8,20H,9-10,26H2,1-2H3. The molecular formula is C23H19N5O3S. The summed E-state index contributed by atoms with van der Waals surface area (Å²) >= 11 is 0.947. The van der Waals surface area contributed by atoms with Crippen LogP contribution in [0.5, 0.6) is 0 Å². The van der Waals surface area contributed by atoms with Crippen molar-refractivity contribution in [1.82, 2.24) is 0 Å². The molecule has 160 valence electrons. The molecule has 8 nitrogen and oxygen atoms in total. The number of rotatable bonds is 3. The molecule has 0 spiro atoms. The lowest BCUT2D eigenvalue weighted by Crippen LogP contribution is -2.42. The van der Waals surface area contributed by atoms with E-state index in [1.54, 1.807) is 35.2 Å². The molecule has 0 saturated carbocycles. The first-order chi connectivity index (χ1) is 15.2. The molecule has 1 aliphatic carbocycles. The average Bonchev–Trinajstić information content (AvgIpc) is 3.22. The van der Waals surface area contributed by atoms with Gasteiger partial charge >= 0.3 is 5.00 Å². The van der Waals surface area contributed by atoms with Gasteiger partial charge in [0.05, 0.1) is 34.1 Å². The molecule has 2 N–H and O–H groups in total. The number of nitrogens with zero attached hydrogens (tertiary/aromatic N) is 4. The van der Waals surface area contributed by atoms with Crippen LogP contribution in [0.15, 0.2) is 59.1 Å². The van der Waals surface area contributed by atoms with E-state index in [0.29, 0.717) is 40.2 Å². The van der Waals surface area contributed by atoms with Crippen LogP contribution in [0, 0.1) is 38.2 Å². The maximum absolute atomic E-state index is 13.4. The van der Waals surface area contributed by atoms with Crippen molar-refractivity contribution in [1.29, 1.82) is 10.5 Å². The van der Waals surface area contributed by atoms with Gasteiger partial charge < -0.3 is 5.73 Å². The van der Waals surface area contributed by atoms with E-state index in [1.807, 2.05) is 13.8 Å². The summed E-state index contributed by atoms with van der Waals surface area (Å²) in [6, 6.07) is 14.0. The molecule has 9 heteroatoms. The number of hydrogen-bond donors (Lipinski definition) is 1. The molecule has 2 heterocycles. The number of nitriles is 2. The minimum Gasteiger partial charge on any atom is -0.384 e. The number of thiophene rings is 1. The quantitative estimate of drug-likeness (QED) is 0.543. The zero-order chi connectivity index (χ0) is 23.2. The Morgan fingerprint density at radius 1 is 1.16 bits per heavy atom. The second-order valence-electron chi connectivity index (χ2n) is 8.57. The van der Waals surface area contributed by atoms with Crippen LogP contribution in [0.4, 0.5) is 10.7 Å². The Morgan fingerprint density at radius 2 is 1.84 bits per heavy atom. The smallest absolute Gasteiger partial charge is 0.324 e. The first kappa shape index (κ1) is 21.3. The largest absolute Gasteiger partial charge is 0.384 e. The Labute approximate surface area is 188 Å². The summed E-state index contributed by atoms with van der Waals surface area (Å²) in [5, 5.41) is 30.3. The van der Waals surface area contributed by atoms with Crippen molar-refractivity contribution < 1.29 is 9.72 Å². The molecule has 0 saturated heterocycles. The summed E-state index contributed by atoms with van der Waals surface area (Å²) in [5.74, 6) is -0.661.